The van der Waals surface area contributed by atoms with E-state index in [1.54, 1.807) is 11.8 Å². The molecule has 0 fully saturated rings. The molecule has 7 nitrogen and oxygen atoms in total. The van der Waals surface area contributed by atoms with Crippen LogP contribution in [-0.2, 0) is 32.6 Å². The monoisotopic (exact) mass is 420 g/mol. The summed E-state index contributed by atoms with van der Waals surface area (Å²) in [5.74, 6) is 0.659. The molecule has 2 N–H and O–H groups in total. The fourth-order valence-electron chi connectivity index (χ4n) is 4.03. The van der Waals surface area contributed by atoms with Crippen molar-refractivity contribution in [2.45, 2.75) is 32.6 Å². The normalized spacial score (nSPS) is 13.6. The summed E-state index contributed by atoms with van der Waals surface area (Å²) in [6.45, 7) is 3.12. The molecule has 31 heavy (non-hydrogen) atoms. The molecule has 0 radical (unpaired) electrons. The molecule has 3 aromatic rings. The van der Waals surface area contributed by atoms with Crippen LogP contribution >= 0.6 is 0 Å². The molecule has 1 aliphatic heterocycles. The van der Waals surface area contributed by atoms with E-state index in [0.29, 0.717) is 25.3 Å². The fourth-order valence-corrected chi connectivity index (χ4v) is 4.03. The van der Waals surface area contributed by atoms with Crippen molar-refractivity contribution >= 4 is 5.91 Å². The molecular weight excluding hydrogens is 392 g/mol. The van der Waals surface area contributed by atoms with Crippen LogP contribution in [0.15, 0.2) is 54.6 Å². The van der Waals surface area contributed by atoms with Gasteiger partial charge in [-0.3, -0.25) is 14.4 Å². The van der Waals surface area contributed by atoms with Crippen LogP contribution in [0.5, 0.6) is 5.75 Å². The van der Waals surface area contributed by atoms with Crippen molar-refractivity contribution in [1.82, 2.24) is 20.0 Å². The smallest absolute Gasteiger partial charge is 0.272 e. The first-order chi connectivity index (χ1) is 15.2. The highest BCUT2D eigenvalue weighted by Crippen LogP contribution is 2.25. The number of hydrogen-bond donors (Lipinski definition) is 2. The zero-order valence-electron chi connectivity index (χ0n) is 17.8. The summed E-state index contributed by atoms with van der Waals surface area (Å²) in [7, 11) is 1.67. The van der Waals surface area contributed by atoms with Gasteiger partial charge in [-0.05, 0) is 23.3 Å². The van der Waals surface area contributed by atoms with E-state index in [1.807, 2.05) is 48.5 Å². The van der Waals surface area contributed by atoms with Crippen molar-refractivity contribution < 1.29 is 14.6 Å². The van der Waals surface area contributed by atoms with Crippen LogP contribution in [0.2, 0.25) is 0 Å². The molecule has 0 unspecified atom stereocenters. The number of aromatic nitrogens is 2. The van der Waals surface area contributed by atoms with Crippen LogP contribution in [0.25, 0.3) is 0 Å². The Kier molecular flexibility index (Phi) is 6.64. The molecule has 7 heteroatoms. The van der Waals surface area contributed by atoms with Crippen LogP contribution in [0, 0.1) is 0 Å². The number of methoxy groups -OCH3 is 1. The van der Waals surface area contributed by atoms with Crippen LogP contribution in [-0.4, -0.2) is 46.0 Å². The van der Waals surface area contributed by atoms with Gasteiger partial charge < -0.3 is 15.2 Å². The van der Waals surface area contributed by atoms with Crippen molar-refractivity contribution in [2.24, 2.45) is 0 Å². The van der Waals surface area contributed by atoms with Gasteiger partial charge in [0.15, 0.2) is 5.69 Å². The summed E-state index contributed by atoms with van der Waals surface area (Å²) in [5, 5.41) is 17.0. The Labute approximate surface area is 182 Å². The average Bonchev–Trinajstić information content (AvgIpc) is 3.16. The molecule has 2 heterocycles. The lowest BCUT2D eigenvalue weighted by molar-refractivity contribution is 0.0942. The van der Waals surface area contributed by atoms with Crippen molar-refractivity contribution in [1.29, 1.82) is 0 Å². The van der Waals surface area contributed by atoms with Gasteiger partial charge in [0, 0.05) is 43.9 Å². The highest BCUT2D eigenvalue weighted by atomic mass is 16.5. The van der Waals surface area contributed by atoms with Gasteiger partial charge in [-0.15, -0.1) is 0 Å². The van der Waals surface area contributed by atoms with Crippen LogP contribution in [0.1, 0.15) is 32.9 Å². The van der Waals surface area contributed by atoms with E-state index in [2.05, 4.69) is 21.4 Å². The average molecular weight is 421 g/mol. The molecule has 0 saturated carbocycles. The zero-order chi connectivity index (χ0) is 21.6. The van der Waals surface area contributed by atoms with Gasteiger partial charge in [0.1, 0.15) is 5.75 Å². The molecule has 0 atom stereocenters. The molecule has 0 aliphatic carbocycles. The number of carbonyl (C=O) groups is 1. The van der Waals surface area contributed by atoms with Gasteiger partial charge in [0.2, 0.25) is 0 Å². The van der Waals surface area contributed by atoms with Crippen LogP contribution < -0.4 is 10.1 Å². The van der Waals surface area contributed by atoms with Gasteiger partial charge in [0.25, 0.3) is 5.91 Å². The molecular formula is C24H28N4O3. The second kappa shape index (κ2) is 9.76. The molecule has 1 aromatic heterocycles. The Morgan fingerprint density at radius 3 is 2.74 bits per heavy atom. The maximum absolute atomic E-state index is 13.0. The van der Waals surface area contributed by atoms with E-state index in [-0.39, 0.29) is 12.5 Å². The largest absolute Gasteiger partial charge is 0.497 e. The lowest BCUT2D eigenvalue weighted by Crippen LogP contribution is -2.32. The highest BCUT2D eigenvalue weighted by Gasteiger charge is 2.28. The standard InChI is InChI=1S/C24H28N4O3/c1-31-20-9-5-8-19(14-20)16-27-11-10-22-21(17-27)23(26-28(22)12-13-29)24(30)25-15-18-6-3-2-4-7-18/h2-9,14,29H,10-13,15-17H2,1H3,(H,25,30). The van der Waals surface area contributed by atoms with Gasteiger partial charge >= 0.3 is 0 Å². The van der Waals surface area contributed by atoms with Gasteiger partial charge in [-0.2, -0.15) is 5.10 Å². The number of aliphatic hydroxyl groups excluding tert-OH is 1. The Morgan fingerprint density at radius 1 is 1.16 bits per heavy atom. The first-order valence-electron chi connectivity index (χ1n) is 10.5. The topological polar surface area (TPSA) is 79.6 Å². The highest BCUT2D eigenvalue weighted by molar-refractivity contribution is 5.94. The Morgan fingerprint density at radius 2 is 1.97 bits per heavy atom. The minimum absolute atomic E-state index is 0.00722. The van der Waals surface area contributed by atoms with Gasteiger partial charge in [-0.25, -0.2) is 0 Å². The lowest BCUT2D eigenvalue weighted by Gasteiger charge is -2.27. The lowest BCUT2D eigenvalue weighted by atomic mass is 10.0. The second-order valence-electron chi connectivity index (χ2n) is 7.70. The summed E-state index contributed by atoms with van der Waals surface area (Å²) >= 11 is 0. The van der Waals surface area contributed by atoms with Crippen LogP contribution in [0.4, 0.5) is 0 Å². The SMILES string of the molecule is COc1cccc(CN2CCc3c(c(C(=O)NCc4ccccc4)nn3CCO)C2)c1. The molecule has 1 aliphatic rings. The van der Waals surface area contributed by atoms with Crippen molar-refractivity contribution in [3.05, 3.63) is 82.7 Å². The first-order valence-corrected chi connectivity index (χ1v) is 10.5. The Hall–Kier alpha value is -3.16. The van der Waals surface area contributed by atoms with Crippen molar-refractivity contribution in [3.63, 3.8) is 0 Å². The Bertz CT molecular complexity index is 1030. The summed E-state index contributed by atoms with van der Waals surface area (Å²) in [6.07, 6.45) is 0.790. The van der Waals surface area contributed by atoms with Crippen molar-refractivity contribution in [3.8, 4) is 5.75 Å². The van der Waals surface area contributed by atoms with E-state index in [4.69, 9.17) is 4.74 Å². The number of fused-ring (bicyclic) bond motifs is 1. The number of nitrogens with zero attached hydrogens (tertiary/aromatic N) is 3. The van der Waals surface area contributed by atoms with E-state index >= 15 is 0 Å². The number of hydrogen-bond acceptors (Lipinski definition) is 5. The third-order valence-electron chi connectivity index (χ3n) is 5.58. The molecule has 0 bridgehead atoms. The maximum Gasteiger partial charge on any atom is 0.272 e. The molecule has 0 saturated heterocycles. The molecule has 0 spiro atoms. The molecule has 162 valence electrons. The summed E-state index contributed by atoms with van der Waals surface area (Å²) in [4.78, 5) is 15.3. The predicted octanol–water partition coefficient (Wildman–Crippen LogP) is 2.37. The third kappa shape index (κ3) is 4.95. The quantitative estimate of drug-likeness (QED) is 0.585. The van der Waals surface area contributed by atoms with E-state index < -0.39 is 0 Å². The zero-order valence-corrected chi connectivity index (χ0v) is 17.8. The van der Waals surface area contributed by atoms with Crippen LogP contribution in [0.3, 0.4) is 0 Å². The van der Waals surface area contributed by atoms with Crippen molar-refractivity contribution in [2.75, 3.05) is 20.3 Å². The molecule has 1 amide bonds. The number of aliphatic hydroxyl groups is 1. The number of amides is 1. The number of carbonyl (C=O) groups excluding carboxylic acids is 1. The number of nitrogens with one attached hydrogen (secondary N) is 1. The predicted molar refractivity (Wildman–Crippen MR) is 118 cm³/mol. The summed E-state index contributed by atoms with van der Waals surface area (Å²) < 4.78 is 7.12. The van der Waals surface area contributed by atoms with E-state index in [9.17, 15) is 9.90 Å². The summed E-state index contributed by atoms with van der Waals surface area (Å²) in [5.41, 5.74) is 4.66. The minimum Gasteiger partial charge on any atom is -0.497 e. The first kappa shape index (κ1) is 21.1. The fraction of sp³-hybridized carbons (Fsp3) is 0.333. The third-order valence-corrected chi connectivity index (χ3v) is 5.58. The van der Waals surface area contributed by atoms with E-state index in [1.165, 1.54) is 5.56 Å². The molecule has 4 rings (SSSR count). The van der Waals surface area contributed by atoms with Gasteiger partial charge in [-0.1, -0.05) is 42.5 Å². The number of benzene rings is 2. The summed E-state index contributed by atoms with van der Waals surface area (Å²) in [6, 6.07) is 17.9. The number of rotatable bonds is 8. The second-order valence-corrected chi connectivity index (χ2v) is 7.70. The Balaban J connectivity index is 1.52. The minimum atomic E-state index is -0.181. The maximum atomic E-state index is 13.0. The molecule has 2 aromatic carbocycles. The van der Waals surface area contributed by atoms with Gasteiger partial charge in [0.05, 0.1) is 20.3 Å². The number of ether oxygens (including phenoxy) is 1. The van der Waals surface area contributed by atoms with E-state index in [0.717, 1.165) is 42.1 Å².